The smallest absolute Gasteiger partial charge is 0.0662 e. The molecule has 1 aromatic rings. The van der Waals surface area contributed by atoms with Crippen LogP contribution < -0.4 is 5.32 Å². The van der Waals surface area contributed by atoms with Gasteiger partial charge in [-0.15, -0.1) is 0 Å². The highest BCUT2D eigenvalue weighted by molar-refractivity contribution is 5.33. The van der Waals surface area contributed by atoms with E-state index in [0.29, 0.717) is 12.1 Å². The SMILES string of the molecule is Cc1ccc(C2COCC(C)N2)c(C)c1. The van der Waals surface area contributed by atoms with E-state index in [1.54, 1.807) is 0 Å². The molecule has 1 fully saturated rings. The molecule has 0 aliphatic carbocycles. The van der Waals surface area contributed by atoms with Crippen LogP contribution in [0.2, 0.25) is 0 Å². The van der Waals surface area contributed by atoms with E-state index in [0.717, 1.165) is 13.2 Å². The molecule has 82 valence electrons. The minimum absolute atomic E-state index is 0.356. The lowest BCUT2D eigenvalue weighted by Gasteiger charge is -2.30. The van der Waals surface area contributed by atoms with Crippen molar-refractivity contribution in [2.75, 3.05) is 13.2 Å². The number of morpholine rings is 1. The summed E-state index contributed by atoms with van der Waals surface area (Å²) in [4.78, 5) is 0. The predicted octanol–water partition coefficient (Wildman–Crippen LogP) is 2.35. The average Bonchev–Trinajstić information content (AvgIpc) is 2.17. The third-order valence-electron chi connectivity index (χ3n) is 2.94. The molecule has 2 unspecified atom stereocenters. The molecule has 15 heavy (non-hydrogen) atoms. The van der Waals surface area contributed by atoms with Gasteiger partial charge in [-0.1, -0.05) is 23.8 Å². The molecule has 1 aromatic carbocycles. The Morgan fingerprint density at radius 3 is 2.73 bits per heavy atom. The van der Waals surface area contributed by atoms with E-state index in [1.807, 2.05) is 0 Å². The summed E-state index contributed by atoms with van der Waals surface area (Å²) in [5.41, 5.74) is 4.04. The second-order valence-corrected chi connectivity index (χ2v) is 4.52. The molecule has 1 N–H and O–H groups in total. The number of ether oxygens (including phenoxy) is 1. The number of hydrogen-bond donors (Lipinski definition) is 1. The van der Waals surface area contributed by atoms with Crippen molar-refractivity contribution in [3.05, 3.63) is 34.9 Å². The molecule has 0 amide bonds. The maximum atomic E-state index is 5.57. The maximum Gasteiger partial charge on any atom is 0.0662 e. The van der Waals surface area contributed by atoms with Gasteiger partial charge in [-0.25, -0.2) is 0 Å². The minimum atomic E-state index is 0.356. The summed E-state index contributed by atoms with van der Waals surface area (Å²) in [5.74, 6) is 0. The number of hydrogen-bond acceptors (Lipinski definition) is 2. The van der Waals surface area contributed by atoms with Gasteiger partial charge in [0.15, 0.2) is 0 Å². The Balaban J connectivity index is 2.21. The molecule has 2 rings (SSSR count). The molecule has 2 atom stereocenters. The van der Waals surface area contributed by atoms with Gasteiger partial charge in [-0.05, 0) is 31.9 Å². The molecule has 0 aromatic heterocycles. The van der Waals surface area contributed by atoms with Crippen LogP contribution in [0.4, 0.5) is 0 Å². The molecular weight excluding hydrogens is 186 g/mol. The zero-order valence-electron chi connectivity index (χ0n) is 9.71. The fourth-order valence-electron chi connectivity index (χ4n) is 2.20. The van der Waals surface area contributed by atoms with Crippen LogP contribution in [-0.4, -0.2) is 19.3 Å². The fourth-order valence-corrected chi connectivity index (χ4v) is 2.20. The molecule has 1 aliphatic heterocycles. The molecular formula is C13H19NO. The summed E-state index contributed by atoms with van der Waals surface area (Å²) >= 11 is 0. The van der Waals surface area contributed by atoms with Crippen LogP contribution in [0.25, 0.3) is 0 Å². The van der Waals surface area contributed by atoms with E-state index in [2.05, 4.69) is 44.3 Å². The van der Waals surface area contributed by atoms with E-state index in [4.69, 9.17) is 4.74 Å². The Morgan fingerprint density at radius 2 is 2.07 bits per heavy atom. The molecule has 0 spiro atoms. The highest BCUT2D eigenvalue weighted by atomic mass is 16.5. The summed E-state index contributed by atoms with van der Waals surface area (Å²) in [7, 11) is 0. The first kappa shape index (κ1) is 10.7. The highest BCUT2D eigenvalue weighted by Crippen LogP contribution is 2.22. The van der Waals surface area contributed by atoms with Gasteiger partial charge in [0.1, 0.15) is 0 Å². The zero-order valence-corrected chi connectivity index (χ0v) is 9.71. The Hall–Kier alpha value is -0.860. The predicted molar refractivity (Wildman–Crippen MR) is 62.1 cm³/mol. The van der Waals surface area contributed by atoms with Crippen LogP contribution >= 0.6 is 0 Å². The minimum Gasteiger partial charge on any atom is -0.378 e. The number of benzene rings is 1. The zero-order chi connectivity index (χ0) is 10.8. The first-order chi connectivity index (χ1) is 7.16. The Labute approximate surface area is 91.6 Å². The molecule has 0 radical (unpaired) electrons. The van der Waals surface area contributed by atoms with Crippen molar-refractivity contribution in [2.24, 2.45) is 0 Å². The van der Waals surface area contributed by atoms with Crippen molar-refractivity contribution >= 4 is 0 Å². The van der Waals surface area contributed by atoms with E-state index in [-0.39, 0.29) is 0 Å². The van der Waals surface area contributed by atoms with Gasteiger partial charge in [0, 0.05) is 6.04 Å². The topological polar surface area (TPSA) is 21.3 Å². The summed E-state index contributed by atoms with van der Waals surface area (Å²) < 4.78 is 5.57. The van der Waals surface area contributed by atoms with Gasteiger partial charge >= 0.3 is 0 Å². The van der Waals surface area contributed by atoms with Gasteiger partial charge in [-0.2, -0.15) is 0 Å². The molecule has 1 aliphatic rings. The van der Waals surface area contributed by atoms with Crippen molar-refractivity contribution in [3.63, 3.8) is 0 Å². The van der Waals surface area contributed by atoms with E-state index in [9.17, 15) is 0 Å². The van der Waals surface area contributed by atoms with Crippen molar-refractivity contribution < 1.29 is 4.74 Å². The fraction of sp³-hybridized carbons (Fsp3) is 0.538. The van der Waals surface area contributed by atoms with Gasteiger partial charge < -0.3 is 10.1 Å². The molecule has 1 heterocycles. The molecule has 2 heteroatoms. The van der Waals surface area contributed by atoms with Crippen LogP contribution in [0.5, 0.6) is 0 Å². The molecule has 2 nitrogen and oxygen atoms in total. The summed E-state index contributed by atoms with van der Waals surface area (Å²) in [6, 6.07) is 7.42. The average molecular weight is 205 g/mol. The first-order valence-corrected chi connectivity index (χ1v) is 5.58. The van der Waals surface area contributed by atoms with Crippen LogP contribution in [0.15, 0.2) is 18.2 Å². The third kappa shape index (κ3) is 2.39. The van der Waals surface area contributed by atoms with Gasteiger partial charge in [0.2, 0.25) is 0 Å². The molecule has 1 saturated heterocycles. The second kappa shape index (κ2) is 4.33. The van der Waals surface area contributed by atoms with Crippen LogP contribution in [0.1, 0.15) is 29.7 Å². The Morgan fingerprint density at radius 1 is 1.27 bits per heavy atom. The lowest BCUT2D eigenvalue weighted by atomic mass is 9.98. The standard InChI is InChI=1S/C13H19NO/c1-9-4-5-12(10(2)6-9)13-8-15-7-11(3)14-13/h4-6,11,13-14H,7-8H2,1-3H3. The van der Waals surface area contributed by atoms with Crippen molar-refractivity contribution in [1.82, 2.24) is 5.32 Å². The number of rotatable bonds is 1. The summed E-state index contributed by atoms with van der Waals surface area (Å²) in [6.07, 6.45) is 0. The third-order valence-corrected chi connectivity index (χ3v) is 2.94. The van der Waals surface area contributed by atoms with E-state index < -0.39 is 0 Å². The van der Waals surface area contributed by atoms with E-state index in [1.165, 1.54) is 16.7 Å². The summed E-state index contributed by atoms with van der Waals surface area (Å²) in [5, 5.41) is 3.57. The highest BCUT2D eigenvalue weighted by Gasteiger charge is 2.20. The van der Waals surface area contributed by atoms with Crippen LogP contribution in [0, 0.1) is 13.8 Å². The largest absolute Gasteiger partial charge is 0.378 e. The first-order valence-electron chi connectivity index (χ1n) is 5.58. The van der Waals surface area contributed by atoms with Crippen molar-refractivity contribution in [1.29, 1.82) is 0 Å². The quantitative estimate of drug-likeness (QED) is 0.760. The Bertz CT molecular complexity index is 348. The molecule has 0 bridgehead atoms. The monoisotopic (exact) mass is 205 g/mol. The van der Waals surface area contributed by atoms with Crippen LogP contribution in [-0.2, 0) is 4.74 Å². The summed E-state index contributed by atoms with van der Waals surface area (Å²) in [6.45, 7) is 8.07. The van der Waals surface area contributed by atoms with E-state index >= 15 is 0 Å². The number of aryl methyl sites for hydroxylation is 2. The Kier molecular flexibility index (Phi) is 3.08. The van der Waals surface area contributed by atoms with Crippen LogP contribution in [0.3, 0.4) is 0 Å². The van der Waals surface area contributed by atoms with Crippen molar-refractivity contribution in [3.8, 4) is 0 Å². The maximum absolute atomic E-state index is 5.57. The van der Waals surface area contributed by atoms with Gasteiger partial charge in [0.25, 0.3) is 0 Å². The normalized spacial score (nSPS) is 26.6. The lowest BCUT2D eigenvalue weighted by molar-refractivity contribution is 0.0502. The lowest BCUT2D eigenvalue weighted by Crippen LogP contribution is -2.41. The van der Waals surface area contributed by atoms with Crippen molar-refractivity contribution in [2.45, 2.75) is 32.9 Å². The number of nitrogens with one attached hydrogen (secondary N) is 1. The van der Waals surface area contributed by atoms with Gasteiger partial charge in [0.05, 0.1) is 19.3 Å². The van der Waals surface area contributed by atoms with Gasteiger partial charge in [-0.3, -0.25) is 0 Å². The second-order valence-electron chi connectivity index (χ2n) is 4.52. The molecule has 0 saturated carbocycles.